The summed E-state index contributed by atoms with van der Waals surface area (Å²) in [4.78, 5) is 30.8. The molecular weight excluding hydrogens is 406 g/mol. The first-order valence-corrected chi connectivity index (χ1v) is 11.0. The van der Waals surface area contributed by atoms with Crippen LogP contribution in [0.15, 0.2) is 6.08 Å². The highest BCUT2D eigenvalue weighted by Gasteiger charge is 2.24. The van der Waals surface area contributed by atoms with Gasteiger partial charge in [-0.2, -0.15) is 5.10 Å². The van der Waals surface area contributed by atoms with E-state index < -0.39 is 0 Å². The fraction of sp³-hybridized carbons (Fsp3) is 0.667. The fourth-order valence-corrected chi connectivity index (χ4v) is 4.02. The van der Waals surface area contributed by atoms with Gasteiger partial charge in [0.05, 0.1) is 25.5 Å². The van der Waals surface area contributed by atoms with Gasteiger partial charge in [-0.1, -0.05) is 25.4 Å². The molecule has 2 aliphatic heterocycles. The van der Waals surface area contributed by atoms with Gasteiger partial charge in [0.25, 0.3) is 0 Å². The maximum absolute atomic E-state index is 12.6. The molecule has 0 bridgehead atoms. The number of halogens is 1. The second-order valence-corrected chi connectivity index (χ2v) is 8.65. The van der Waals surface area contributed by atoms with Gasteiger partial charge in [0.1, 0.15) is 5.15 Å². The van der Waals surface area contributed by atoms with Crippen LogP contribution in [-0.4, -0.2) is 95.3 Å². The predicted octanol–water partition coefficient (Wildman–Crippen LogP) is 1.52. The number of hydrogen-bond donors (Lipinski definition) is 0. The Morgan fingerprint density at radius 3 is 2.40 bits per heavy atom. The van der Waals surface area contributed by atoms with E-state index in [4.69, 9.17) is 16.3 Å². The summed E-state index contributed by atoms with van der Waals surface area (Å²) < 4.78 is 7.08. The molecule has 0 aliphatic carbocycles. The van der Waals surface area contributed by atoms with Gasteiger partial charge in [-0.25, -0.2) is 0 Å². The Labute approximate surface area is 183 Å². The van der Waals surface area contributed by atoms with Crippen LogP contribution in [0.4, 0.5) is 0 Å². The number of carbonyl (C=O) groups excluding carboxylic acids is 2. The van der Waals surface area contributed by atoms with Gasteiger partial charge in [-0.3, -0.25) is 19.2 Å². The molecule has 0 atom stereocenters. The Hall–Kier alpha value is -1.90. The van der Waals surface area contributed by atoms with E-state index >= 15 is 0 Å². The van der Waals surface area contributed by atoms with Gasteiger partial charge in [0.15, 0.2) is 0 Å². The van der Waals surface area contributed by atoms with Gasteiger partial charge < -0.3 is 14.5 Å². The lowest BCUT2D eigenvalue weighted by Gasteiger charge is -2.35. The van der Waals surface area contributed by atoms with Crippen LogP contribution >= 0.6 is 11.6 Å². The summed E-state index contributed by atoms with van der Waals surface area (Å²) in [6.45, 7) is 12.4. The molecule has 0 radical (unpaired) electrons. The molecule has 8 nitrogen and oxygen atoms in total. The van der Waals surface area contributed by atoms with E-state index in [1.807, 2.05) is 16.7 Å². The molecule has 0 saturated carbocycles. The van der Waals surface area contributed by atoms with Crippen molar-refractivity contribution in [2.45, 2.75) is 27.3 Å². The Bertz CT molecular complexity index is 778. The molecule has 0 aromatic carbocycles. The van der Waals surface area contributed by atoms with E-state index in [1.165, 1.54) is 0 Å². The van der Waals surface area contributed by atoms with E-state index in [-0.39, 0.29) is 11.8 Å². The van der Waals surface area contributed by atoms with Crippen LogP contribution in [0.1, 0.15) is 25.1 Å². The van der Waals surface area contributed by atoms with E-state index in [9.17, 15) is 9.59 Å². The summed E-state index contributed by atoms with van der Waals surface area (Å²) in [7, 11) is 0. The Morgan fingerprint density at radius 1 is 1.10 bits per heavy atom. The molecular formula is C21H32ClN5O3. The van der Waals surface area contributed by atoms with Gasteiger partial charge in [0.2, 0.25) is 11.8 Å². The van der Waals surface area contributed by atoms with E-state index in [0.29, 0.717) is 70.1 Å². The van der Waals surface area contributed by atoms with Crippen LogP contribution in [0, 0.1) is 12.8 Å². The monoisotopic (exact) mass is 437 g/mol. The zero-order valence-corrected chi connectivity index (χ0v) is 18.9. The Balaban J connectivity index is 1.49. The largest absolute Gasteiger partial charge is 0.378 e. The molecule has 3 rings (SSSR count). The minimum Gasteiger partial charge on any atom is -0.378 e. The van der Waals surface area contributed by atoms with Crippen LogP contribution in [0.3, 0.4) is 0 Å². The topological polar surface area (TPSA) is 70.9 Å². The highest BCUT2D eigenvalue weighted by Crippen LogP contribution is 2.22. The smallest absolute Gasteiger partial charge is 0.246 e. The molecule has 1 aromatic heterocycles. The number of rotatable bonds is 6. The minimum absolute atomic E-state index is 0.0405. The number of piperazine rings is 1. The summed E-state index contributed by atoms with van der Waals surface area (Å²) in [6, 6.07) is 0. The third-order valence-corrected chi connectivity index (χ3v) is 5.85. The molecule has 2 aliphatic rings. The van der Waals surface area contributed by atoms with Crippen LogP contribution in [0.2, 0.25) is 5.15 Å². The first-order chi connectivity index (χ1) is 14.3. The number of amides is 2. The molecule has 2 fully saturated rings. The first kappa shape index (κ1) is 22.8. The van der Waals surface area contributed by atoms with Crippen LogP contribution in [0.5, 0.6) is 0 Å². The predicted molar refractivity (Wildman–Crippen MR) is 116 cm³/mol. The summed E-state index contributed by atoms with van der Waals surface area (Å²) in [5.41, 5.74) is 1.61. The van der Waals surface area contributed by atoms with Gasteiger partial charge >= 0.3 is 0 Å². The van der Waals surface area contributed by atoms with Crippen molar-refractivity contribution in [3.8, 4) is 0 Å². The first-order valence-electron chi connectivity index (χ1n) is 10.6. The van der Waals surface area contributed by atoms with Crippen molar-refractivity contribution in [3.05, 3.63) is 22.5 Å². The van der Waals surface area contributed by atoms with Crippen LogP contribution < -0.4 is 0 Å². The molecule has 1 aromatic rings. The molecule has 0 unspecified atom stereocenters. The zero-order valence-electron chi connectivity index (χ0n) is 18.1. The Morgan fingerprint density at radius 2 is 1.77 bits per heavy atom. The van der Waals surface area contributed by atoms with E-state index in [0.717, 1.165) is 17.8 Å². The summed E-state index contributed by atoms with van der Waals surface area (Å²) in [5.74, 6) is 0.536. The maximum atomic E-state index is 12.6. The molecule has 9 heteroatoms. The van der Waals surface area contributed by atoms with Gasteiger partial charge in [-0.05, 0) is 18.9 Å². The molecule has 0 N–H and O–H groups in total. The SMILES string of the molecule is Cc1nn(CC(C)C)c(Cl)c1C=CC(=O)N1CCN(CC(=O)N2CCOCC2)CC1. The molecule has 2 saturated heterocycles. The summed E-state index contributed by atoms with van der Waals surface area (Å²) in [5, 5.41) is 5.04. The van der Waals surface area contributed by atoms with Crippen molar-refractivity contribution in [1.82, 2.24) is 24.5 Å². The zero-order chi connectivity index (χ0) is 21.7. The second kappa shape index (κ2) is 10.4. The maximum Gasteiger partial charge on any atom is 0.246 e. The van der Waals surface area contributed by atoms with Crippen molar-refractivity contribution < 1.29 is 14.3 Å². The standard InChI is InChI=1S/C21H32ClN5O3/c1-16(2)14-27-21(22)18(17(3)23-27)4-5-19(28)25-8-6-24(7-9-25)15-20(29)26-10-12-30-13-11-26/h4-5,16H,6-15H2,1-3H3. The highest BCUT2D eigenvalue weighted by atomic mass is 35.5. The molecule has 3 heterocycles. The number of carbonyl (C=O) groups is 2. The van der Waals surface area contributed by atoms with Crippen molar-refractivity contribution in [3.63, 3.8) is 0 Å². The average Bonchev–Trinajstić information content (AvgIpc) is 2.99. The van der Waals surface area contributed by atoms with Crippen LogP contribution in [-0.2, 0) is 20.9 Å². The lowest BCUT2D eigenvalue weighted by molar-refractivity contribution is -0.137. The quantitative estimate of drug-likeness (QED) is 0.631. The van der Waals surface area contributed by atoms with E-state index in [2.05, 4.69) is 23.8 Å². The van der Waals surface area contributed by atoms with Crippen molar-refractivity contribution in [1.29, 1.82) is 0 Å². The lowest BCUT2D eigenvalue weighted by Crippen LogP contribution is -2.52. The normalized spacial score (nSPS) is 18.6. The van der Waals surface area contributed by atoms with Crippen molar-refractivity contribution in [2.75, 3.05) is 59.0 Å². The number of aryl methyl sites for hydroxylation is 1. The third kappa shape index (κ3) is 5.83. The van der Waals surface area contributed by atoms with Crippen molar-refractivity contribution >= 4 is 29.5 Å². The van der Waals surface area contributed by atoms with Crippen LogP contribution in [0.25, 0.3) is 6.08 Å². The summed E-state index contributed by atoms with van der Waals surface area (Å²) >= 11 is 6.45. The average molecular weight is 438 g/mol. The fourth-order valence-electron chi connectivity index (χ4n) is 3.71. The summed E-state index contributed by atoms with van der Waals surface area (Å²) in [6.07, 6.45) is 3.34. The van der Waals surface area contributed by atoms with Gasteiger partial charge in [0, 0.05) is 57.5 Å². The number of ether oxygens (including phenoxy) is 1. The molecule has 0 spiro atoms. The lowest BCUT2D eigenvalue weighted by atomic mass is 10.2. The number of nitrogens with zero attached hydrogens (tertiary/aromatic N) is 5. The minimum atomic E-state index is -0.0405. The van der Waals surface area contributed by atoms with Crippen molar-refractivity contribution in [2.24, 2.45) is 5.92 Å². The Kier molecular flexibility index (Phi) is 7.91. The molecule has 166 valence electrons. The number of hydrogen-bond acceptors (Lipinski definition) is 5. The third-order valence-electron chi connectivity index (χ3n) is 5.45. The molecule has 2 amide bonds. The van der Waals surface area contributed by atoms with Gasteiger partial charge in [-0.15, -0.1) is 0 Å². The molecule has 30 heavy (non-hydrogen) atoms. The second-order valence-electron chi connectivity index (χ2n) is 8.29. The highest BCUT2D eigenvalue weighted by molar-refractivity contribution is 6.31. The number of morpholine rings is 1. The van der Waals surface area contributed by atoms with E-state index in [1.54, 1.807) is 16.8 Å². The number of aromatic nitrogens is 2.